The zero-order valence-electron chi connectivity index (χ0n) is 33.8. The van der Waals surface area contributed by atoms with Crippen molar-refractivity contribution in [1.82, 2.24) is 0 Å². The first-order valence-electron chi connectivity index (χ1n) is 20.9. The molecule has 0 heterocycles. The lowest BCUT2D eigenvalue weighted by molar-refractivity contribution is 1.28. The standard InChI is InChI=1S/C60H43N/c1-4-15-44(16-5-1)47-27-31-49(32-28-47)57-23-10-12-25-59(57)51-35-39-54(40-36-51)61(56-22-14-21-53(43-56)46-19-8-3-9-20-46)55-41-37-52(38-42-55)60-26-13-11-24-58(60)50-33-29-48(30-34-50)45-17-6-2-7-18-45/h1-43H. The van der Waals surface area contributed by atoms with Gasteiger partial charge in [-0.3, -0.25) is 0 Å². The predicted molar refractivity (Wildman–Crippen MR) is 259 cm³/mol. The smallest absolute Gasteiger partial charge is 0.0467 e. The van der Waals surface area contributed by atoms with Gasteiger partial charge in [-0.2, -0.15) is 0 Å². The molecule has 0 N–H and O–H groups in total. The largest absolute Gasteiger partial charge is 0.310 e. The number of benzene rings is 10. The van der Waals surface area contributed by atoms with Crippen molar-refractivity contribution in [3.05, 3.63) is 261 Å². The van der Waals surface area contributed by atoms with Crippen molar-refractivity contribution >= 4 is 17.1 Å². The summed E-state index contributed by atoms with van der Waals surface area (Å²) in [6.07, 6.45) is 0. The molecule has 0 saturated carbocycles. The van der Waals surface area contributed by atoms with Gasteiger partial charge in [0.15, 0.2) is 0 Å². The maximum Gasteiger partial charge on any atom is 0.0467 e. The molecule has 0 saturated heterocycles. The molecule has 1 nitrogen and oxygen atoms in total. The third-order valence-corrected chi connectivity index (χ3v) is 11.5. The van der Waals surface area contributed by atoms with E-state index in [1.165, 1.54) is 77.9 Å². The van der Waals surface area contributed by atoms with Crippen LogP contribution in [0.4, 0.5) is 17.1 Å². The summed E-state index contributed by atoms with van der Waals surface area (Å²) >= 11 is 0. The van der Waals surface area contributed by atoms with Crippen LogP contribution in [0, 0.1) is 0 Å². The molecule has 10 aromatic rings. The number of rotatable bonds is 10. The Kier molecular flexibility index (Phi) is 10.4. The third-order valence-electron chi connectivity index (χ3n) is 11.5. The maximum absolute atomic E-state index is 2.36. The second-order valence-corrected chi connectivity index (χ2v) is 15.3. The molecule has 0 aliphatic rings. The van der Waals surface area contributed by atoms with Crippen molar-refractivity contribution in [2.45, 2.75) is 0 Å². The summed E-state index contributed by atoms with van der Waals surface area (Å²) in [5.41, 5.74) is 20.1. The summed E-state index contributed by atoms with van der Waals surface area (Å²) in [7, 11) is 0. The Bertz CT molecular complexity index is 2840. The summed E-state index contributed by atoms with van der Waals surface area (Å²) in [6, 6.07) is 93.9. The lowest BCUT2D eigenvalue weighted by Crippen LogP contribution is -2.10. The molecule has 0 radical (unpaired) electrons. The van der Waals surface area contributed by atoms with Crippen molar-refractivity contribution < 1.29 is 0 Å². The van der Waals surface area contributed by atoms with Crippen LogP contribution in [0.5, 0.6) is 0 Å². The molecule has 0 aromatic heterocycles. The molecule has 0 atom stereocenters. The molecule has 0 aliphatic heterocycles. The molecule has 0 spiro atoms. The van der Waals surface area contributed by atoms with Crippen LogP contribution in [0.1, 0.15) is 0 Å². The maximum atomic E-state index is 2.36. The van der Waals surface area contributed by atoms with Gasteiger partial charge in [0.1, 0.15) is 0 Å². The van der Waals surface area contributed by atoms with Crippen molar-refractivity contribution in [2.24, 2.45) is 0 Å². The lowest BCUT2D eigenvalue weighted by atomic mass is 9.93. The first-order valence-corrected chi connectivity index (χ1v) is 20.9. The van der Waals surface area contributed by atoms with Crippen molar-refractivity contribution in [1.29, 1.82) is 0 Å². The minimum absolute atomic E-state index is 1.09. The van der Waals surface area contributed by atoms with E-state index < -0.39 is 0 Å². The second-order valence-electron chi connectivity index (χ2n) is 15.3. The van der Waals surface area contributed by atoms with Gasteiger partial charge < -0.3 is 4.90 Å². The molecule has 61 heavy (non-hydrogen) atoms. The van der Waals surface area contributed by atoms with Gasteiger partial charge >= 0.3 is 0 Å². The highest BCUT2D eigenvalue weighted by Crippen LogP contribution is 2.41. The van der Waals surface area contributed by atoms with E-state index in [2.05, 4.69) is 266 Å². The van der Waals surface area contributed by atoms with Gasteiger partial charge in [0.2, 0.25) is 0 Å². The fourth-order valence-electron chi connectivity index (χ4n) is 8.40. The van der Waals surface area contributed by atoms with E-state index in [0.29, 0.717) is 0 Å². The summed E-state index contributed by atoms with van der Waals surface area (Å²) in [6.45, 7) is 0. The average molecular weight is 778 g/mol. The summed E-state index contributed by atoms with van der Waals surface area (Å²) in [4.78, 5) is 2.36. The van der Waals surface area contributed by atoms with Gasteiger partial charge in [-0.1, -0.05) is 224 Å². The highest BCUT2D eigenvalue weighted by Gasteiger charge is 2.16. The Labute approximate surface area is 359 Å². The molecule has 0 amide bonds. The molecular weight excluding hydrogens is 735 g/mol. The van der Waals surface area contributed by atoms with E-state index in [1.54, 1.807) is 0 Å². The van der Waals surface area contributed by atoms with Gasteiger partial charge in [0, 0.05) is 17.1 Å². The van der Waals surface area contributed by atoms with Crippen LogP contribution < -0.4 is 4.90 Å². The van der Waals surface area contributed by atoms with E-state index in [4.69, 9.17) is 0 Å². The number of anilines is 3. The van der Waals surface area contributed by atoms with E-state index in [0.717, 1.165) is 17.1 Å². The minimum Gasteiger partial charge on any atom is -0.310 e. The van der Waals surface area contributed by atoms with Gasteiger partial charge in [-0.15, -0.1) is 0 Å². The van der Waals surface area contributed by atoms with Crippen molar-refractivity contribution in [3.8, 4) is 77.9 Å². The quantitative estimate of drug-likeness (QED) is 0.134. The molecule has 10 rings (SSSR count). The Morgan fingerprint density at radius 2 is 0.426 bits per heavy atom. The highest BCUT2D eigenvalue weighted by molar-refractivity contribution is 5.88. The fourth-order valence-corrected chi connectivity index (χ4v) is 8.40. The van der Waals surface area contributed by atoms with Gasteiger partial charge in [-0.25, -0.2) is 0 Å². The molecule has 288 valence electrons. The predicted octanol–water partition coefficient (Wildman–Crippen LogP) is 16.8. The van der Waals surface area contributed by atoms with Gasteiger partial charge in [0.25, 0.3) is 0 Å². The van der Waals surface area contributed by atoms with E-state index in [1.807, 2.05) is 0 Å². The molecule has 10 aromatic carbocycles. The third kappa shape index (κ3) is 7.93. The minimum atomic E-state index is 1.09. The Hall–Kier alpha value is -8.00. The van der Waals surface area contributed by atoms with Crippen LogP contribution in [0.15, 0.2) is 261 Å². The number of hydrogen-bond donors (Lipinski definition) is 0. The Morgan fingerprint density at radius 3 is 0.787 bits per heavy atom. The normalized spacial score (nSPS) is 11.0. The van der Waals surface area contributed by atoms with E-state index >= 15 is 0 Å². The van der Waals surface area contributed by atoms with Crippen molar-refractivity contribution in [3.63, 3.8) is 0 Å². The first kappa shape index (κ1) is 37.3. The summed E-state index contributed by atoms with van der Waals surface area (Å²) < 4.78 is 0. The van der Waals surface area contributed by atoms with E-state index in [-0.39, 0.29) is 0 Å². The van der Waals surface area contributed by atoms with Crippen LogP contribution in [0.3, 0.4) is 0 Å². The molecule has 1 heteroatoms. The van der Waals surface area contributed by atoms with Crippen LogP contribution >= 0.6 is 0 Å². The van der Waals surface area contributed by atoms with Gasteiger partial charge in [-0.05, 0) is 114 Å². The molecule has 0 bridgehead atoms. The SMILES string of the molecule is c1ccc(-c2ccc(-c3ccccc3-c3ccc(N(c4ccc(-c5ccccc5-c5ccc(-c6ccccc6)cc5)cc4)c4cccc(-c5ccccc5)c4)cc3)cc2)cc1. The molecular formula is C60H43N. The van der Waals surface area contributed by atoms with Crippen molar-refractivity contribution in [2.75, 3.05) is 4.90 Å². The average Bonchev–Trinajstić information content (AvgIpc) is 3.36. The second kappa shape index (κ2) is 17.1. The highest BCUT2D eigenvalue weighted by atomic mass is 15.1. The summed E-state index contributed by atoms with van der Waals surface area (Å²) in [5, 5.41) is 0. The lowest BCUT2D eigenvalue weighted by Gasteiger charge is -2.26. The number of nitrogens with zero attached hydrogens (tertiary/aromatic N) is 1. The van der Waals surface area contributed by atoms with E-state index in [9.17, 15) is 0 Å². The Morgan fingerprint density at radius 1 is 0.164 bits per heavy atom. The molecule has 0 unspecified atom stereocenters. The zero-order chi connectivity index (χ0) is 40.8. The molecule has 0 fully saturated rings. The van der Waals surface area contributed by atoms with Crippen LogP contribution in [-0.2, 0) is 0 Å². The first-order chi connectivity index (χ1) is 30.2. The Balaban J connectivity index is 0.994. The summed E-state index contributed by atoms with van der Waals surface area (Å²) in [5.74, 6) is 0. The zero-order valence-corrected chi connectivity index (χ0v) is 33.8. The van der Waals surface area contributed by atoms with Crippen LogP contribution in [0.25, 0.3) is 77.9 Å². The molecule has 0 aliphatic carbocycles. The van der Waals surface area contributed by atoms with Gasteiger partial charge in [0.05, 0.1) is 0 Å². The van der Waals surface area contributed by atoms with Crippen LogP contribution in [-0.4, -0.2) is 0 Å². The topological polar surface area (TPSA) is 3.24 Å². The fraction of sp³-hybridized carbons (Fsp3) is 0. The number of hydrogen-bond acceptors (Lipinski definition) is 1. The van der Waals surface area contributed by atoms with Crippen LogP contribution in [0.2, 0.25) is 0 Å². The monoisotopic (exact) mass is 777 g/mol.